The van der Waals surface area contributed by atoms with Crippen LogP contribution in [0.15, 0.2) is 55.2 Å². The summed E-state index contributed by atoms with van der Waals surface area (Å²) in [4.78, 5) is 38.3. The molecular weight excluding hydrogens is 612 g/mol. The Hall–Kier alpha value is -4.59. The van der Waals surface area contributed by atoms with E-state index in [1.54, 1.807) is 0 Å². The lowest BCUT2D eigenvalue weighted by molar-refractivity contribution is -0.136. The van der Waals surface area contributed by atoms with E-state index in [2.05, 4.69) is 39.8 Å². The Bertz CT molecular complexity index is 1570. The van der Waals surface area contributed by atoms with Gasteiger partial charge >= 0.3 is 0 Å². The number of fused-ring (bicyclic) bond motifs is 1. The second-order valence-corrected chi connectivity index (χ2v) is 12.1. The van der Waals surface area contributed by atoms with Crippen LogP contribution in [0.25, 0.3) is 17.0 Å². The molecule has 48 heavy (non-hydrogen) atoms. The minimum Gasteiger partial charge on any atom is -0.399 e. The number of nitrogens with two attached hydrogens (primary N) is 1. The number of hydrogen-bond donors (Lipinski definition) is 4. The van der Waals surface area contributed by atoms with Gasteiger partial charge < -0.3 is 30.7 Å². The molecule has 2 unspecified atom stereocenters. The van der Waals surface area contributed by atoms with Gasteiger partial charge in [0.25, 0.3) is 0 Å². The zero-order chi connectivity index (χ0) is 33.9. The first-order chi connectivity index (χ1) is 23.3. The third-order valence-electron chi connectivity index (χ3n) is 8.61. The summed E-state index contributed by atoms with van der Waals surface area (Å²) >= 11 is 0. The molecule has 1 saturated heterocycles. The van der Waals surface area contributed by atoms with Crippen molar-refractivity contribution < 1.29 is 23.9 Å². The second kappa shape index (κ2) is 17.0. The number of ether oxygens (including phenoxy) is 2. The lowest BCUT2D eigenvalue weighted by Crippen LogP contribution is -2.50. The van der Waals surface area contributed by atoms with E-state index < -0.39 is 6.04 Å². The van der Waals surface area contributed by atoms with E-state index in [0.29, 0.717) is 51.5 Å². The summed E-state index contributed by atoms with van der Waals surface area (Å²) in [5.74, 6) is -0.684. The number of carbonyl (C=O) groups is 3. The first kappa shape index (κ1) is 34.7. The van der Waals surface area contributed by atoms with Crippen LogP contribution in [0, 0.1) is 0 Å². The number of rotatable bonds is 18. The summed E-state index contributed by atoms with van der Waals surface area (Å²) in [7, 11) is 0. The number of nitrogens with one attached hydrogen (secondary N) is 3. The fourth-order valence-electron chi connectivity index (χ4n) is 6.03. The highest BCUT2D eigenvalue weighted by Gasteiger charge is 2.36. The van der Waals surface area contributed by atoms with Crippen LogP contribution in [0.2, 0.25) is 0 Å². The Morgan fingerprint density at radius 3 is 2.65 bits per heavy atom. The van der Waals surface area contributed by atoms with E-state index in [9.17, 15) is 14.4 Å². The number of anilines is 2. The van der Waals surface area contributed by atoms with Crippen molar-refractivity contribution in [1.82, 2.24) is 30.5 Å². The van der Waals surface area contributed by atoms with Gasteiger partial charge in [0.2, 0.25) is 17.7 Å². The van der Waals surface area contributed by atoms with E-state index in [0.717, 1.165) is 66.1 Å². The summed E-state index contributed by atoms with van der Waals surface area (Å²) in [6.45, 7) is 10.1. The number of aromatic nitrogens is 3. The SMILES string of the molecule is C=C1c2ccc(NC(=O)CCOCCOCCNCCC(CCC)n3cc(-c4ccc(N)cc4)nn3)cc2CN1C1CCC(=O)NC1=O. The predicted molar refractivity (Wildman–Crippen MR) is 183 cm³/mol. The molecule has 1 aromatic heterocycles. The Balaban J connectivity index is 0.912. The Kier molecular flexibility index (Phi) is 12.3. The van der Waals surface area contributed by atoms with Crippen LogP contribution >= 0.6 is 0 Å². The molecule has 5 rings (SSSR count). The highest BCUT2D eigenvalue weighted by molar-refractivity contribution is 6.01. The van der Waals surface area contributed by atoms with Crippen LogP contribution in [-0.4, -0.2) is 83.2 Å². The molecule has 3 amide bonds. The molecule has 0 bridgehead atoms. The molecule has 3 aromatic rings. The van der Waals surface area contributed by atoms with Crippen LogP contribution in [-0.2, 0) is 30.4 Å². The number of hydrogen-bond acceptors (Lipinski definition) is 10. The van der Waals surface area contributed by atoms with Gasteiger partial charge in [-0.25, -0.2) is 4.68 Å². The average Bonchev–Trinajstić information content (AvgIpc) is 3.68. The van der Waals surface area contributed by atoms with Gasteiger partial charge in [-0.15, -0.1) is 5.10 Å². The quantitative estimate of drug-likeness (QED) is 0.0903. The molecule has 0 saturated carbocycles. The Morgan fingerprint density at radius 2 is 1.88 bits per heavy atom. The van der Waals surface area contributed by atoms with Crippen molar-refractivity contribution in [2.75, 3.05) is 50.6 Å². The van der Waals surface area contributed by atoms with E-state index in [1.165, 1.54) is 0 Å². The maximum absolute atomic E-state index is 12.5. The molecule has 1 fully saturated rings. The number of imide groups is 1. The van der Waals surface area contributed by atoms with Crippen molar-refractivity contribution in [3.8, 4) is 11.3 Å². The normalized spacial score (nSPS) is 16.6. The average molecular weight is 659 g/mol. The topological polar surface area (TPSA) is 166 Å². The molecule has 0 radical (unpaired) electrons. The molecule has 5 N–H and O–H groups in total. The molecule has 3 heterocycles. The fraction of sp³-hybridized carbons (Fsp3) is 0.457. The molecule has 13 heteroatoms. The molecule has 256 valence electrons. The highest BCUT2D eigenvalue weighted by Crippen LogP contribution is 2.36. The van der Waals surface area contributed by atoms with Crippen LogP contribution in [0.1, 0.15) is 62.6 Å². The van der Waals surface area contributed by atoms with Crippen molar-refractivity contribution in [2.45, 2.75) is 64.1 Å². The van der Waals surface area contributed by atoms with Crippen LogP contribution < -0.4 is 21.7 Å². The summed E-state index contributed by atoms with van der Waals surface area (Å²) in [6, 6.07) is 13.1. The third kappa shape index (κ3) is 9.27. The zero-order valence-corrected chi connectivity index (χ0v) is 27.6. The largest absolute Gasteiger partial charge is 0.399 e. The van der Waals surface area contributed by atoms with Crippen molar-refractivity contribution in [2.24, 2.45) is 0 Å². The number of piperidine rings is 1. The van der Waals surface area contributed by atoms with E-state index >= 15 is 0 Å². The summed E-state index contributed by atoms with van der Waals surface area (Å²) in [5, 5.41) is 17.5. The van der Waals surface area contributed by atoms with Gasteiger partial charge in [0.1, 0.15) is 11.7 Å². The van der Waals surface area contributed by atoms with Crippen molar-refractivity contribution in [3.05, 3.63) is 66.4 Å². The van der Waals surface area contributed by atoms with Crippen molar-refractivity contribution >= 4 is 34.8 Å². The van der Waals surface area contributed by atoms with Gasteiger partial charge in [0.15, 0.2) is 0 Å². The van der Waals surface area contributed by atoms with Gasteiger partial charge in [-0.05, 0) is 55.6 Å². The predicted octanol–water partition coefficient (Wildman–Crippen LogP) is 3.50. The van der Waals surface area contributed by atoms with E-state index in [1.807, 2.05) is 58.2 Å². The Labute approximate surface area is 281 Å². The molecule has 2 aliphatic heterocycles. The van der Waals surface area contributed by atoms with Crippen LogP contribution in [0.3, 0.4) is 0 Å². The van der Waals surface area contributed by atoms with Gasteiger partial charge in [-0.3, -0.25) is 19.7 Å². The van der Waals surface area contributed by atoms with Crippen LogP contribution in [0.4, 0.5) is 11.4 Å². The van der Waals surface area contributed by atoms with Crippen LogP contribution in [0.5, 0.6) is 0 Å². The Morgan fingerprint density at radius 1 is 1.08 bits per heavy atom. The number of nitrogen functional groups attached to an aromatic ring is 1. The second-order valence-electron chi connectivity index (χ2n) is 12.1. The minimum atomic E-state index is -0.427. The maximum Gasteiger partial charge on any atom is 0.249 e. The zero-order valence-electron chi connectivity index (χ0n) is 27.6. The number of amides is 3. The highest BCUT2D eigenvalue weighted by atomic mass is 16.5. The lowest BCUT2D eigenvalue weighted by Gasteiger charge is -2.31. The van der Waals surface area contributed by atoms with E-state index in [4.69, 9.17) is 15.2 Å². The first-order valence-electron chi connectivity index (χ1n) is 16.7. The standard InChI is InChI=1S/C35H46N8O5/c1-3-4-29(43-23-31(40-41-43)25-5-7-27(36)8-6-25)13-15-37-16-18-48-20-19-47-17-14-34(45)38-28-9-10-30-24(2)42(22-26(30)21-28)32-11-12-33(44)39-35(32)46/h5-10,21,23,29,32,37H,2-4,11-20,22,36H2,1H3,(H,38,45)(H,39,44,46). The molecular formula is C35H46N8O5. The molecule has 13 nitrogen and oxygen atoms in total. The fourth-order valence-corrected chi connectivity index (χ4v) is 6.03. The van der Waals surface area contributed by atoms with Gasteiger partial charge in [0.05, 0.1) is 45.1 Å². The van der Waals surface area contributed by atoms with Gasteiger partial charge in [-0.1, -0.05) is 43.3 Å². The molecule has 0 aliphatic carbocycles. The van der Waals surface area contributed by atoms with Crippen molar-refractivity contribution in [3.63, 3.8) is 0 Å². The number of benzene rings is 2. The minimum absolute atomic E-state index is 0.146. The van der Waals surface area contributed by atoms with Gasteiger partial charge in [-0.2, -0.15) is 0 Å². The first-order valence-corrected chi connectivity index (χ1v) is 16.7. The van der Waals surface area contributed by atoms with Gasteiger partial charge in [0, 0.05) is 47.7 Å². The van der Waals surface area contributed by atoms with Crippen molar-refractivity contribution in [1.29, 1.82) is 0 Å². The third-order valence-corrected chi connectivity index (χ3v) is 8.61. The number of carbonyl (C=O) groups excluding carboxylic acids is 3. The monoisotopic (exact) mass is 658 g/mol. The molecule has 2 aromatic carbocycles. The molecule has 2 atom stereocenters. The summed E-state index contributed by atoms with van der Waals surface area (Å²) < 4.78 is 13.2. The molecule has 0 spiro atoms. The maximum atomic E-state index is 12.5. The van der Waals surface area contributed by atoms with E-state index in [-0.39, 0.29) is 30.2 Å². The number of nitrogens with zero attached hydrogens (tertiary/aromatic N) is 4. The molecule has 2 aliphatic rings. The summed E-state index contributed by atoms with van der Waals surface area (Å²) in [5.41, 5.74) is 11.7. The lowest BCUT2D eigenvalue weighted by atomic mass is 10.0. The smallest absolute Gasteiger partial charge is 0.249 e. The summed E-state index contributed by atoms with van der Waals surface area (Å²) in [6.07, 6.45) is 6.01.